The summed E-state index contributed by atoms with van der Waals surface area (Å²) in [4.78, 5) is 4.34. The Morgan fingerprint density at radius 3 is 2.83 bits per heavy atom. The van der Waals surface area contributed by atoms with Crippen LogP contribution in [-0.2, 0) is 14.3 Å². The summed E-state index contributed by atoms with van der Waals surface area (Å²) in [6, 6.07) is 2.24. The second kappa shape index (κ2) is 6.74. The third kappa shape index (κ3) is 4.42. The molecule has 9 heteroatoms. The minimum absolute atomic E-state index is 0.283. The molecule has 0 aromatic carbocycles. The highest BCUT2D eigenvalue weighted by molar-refractivity contribution is 9.10. The Morgan fingerprint density at radius 2 is 2.13 bits per heavy atom. The molecule has 0 saturated heterocycles. The molecule has 23 heavy (non-hydrogen) atoms. The first kappa shape index (κ1) is 16.7. The molecule has 0 spiro atoms. The highest BCUT2D eigenvalue weighted by atomic mass is 79.9. The number of anilines is 1. The van der Waals surface area contributed by atoms with Gasteiger partial charge in [0.2, 0.25) is 5.95 Å². The van der Waals surface area contributed by atoms with Crippen molar-refractivity contribution in [3.63, 3.8) is 0 Å². The molecule has 0 atom stereocenters. The largest absolute Gasteiger partial charge is 0.350 e. The number of nitrogens with one attached hydrogen (secondary N) is 1. The molecule has 1 fully saturated rings. The second-order valence-corrected chi connectivity index (χ2v) is 8.42. The smallest absolute Gasteiger partial charge is 0.264 e. The lowest BCUT2D eigenvalue weighted by Crippen LogP contribution is -2.29. The first-order valence-corrected chi connectivity index (χ1v) is 10.1. The predicted octanol–water partition coefficient (Wildman–Crippen LogP) is 2.44. The fraction of sp³-hybridized carbons (Fsp3) is 0.571. The summed E-state index contributed by atoms with van der Waals surface area (Å²) < 4.78 is 29.7. The average Bonchev–Trinajstić information content (AvgIpc) is 2.87. The Morgan fingerprint density at radius 1 is 1.39 bits per heavy atom. The van der Waals surface area contributed by atoms with Gasteiger partial charge in [0, 0.05) is 16.7 Å². The molecule has 1 aliphatic rings. The molecule has 1 saturated carbocycles. The van der Waals surface area contributed by atoms with Crippen molar-refractivity contribution >= 4 is 37.5 Å². The first-order chi connectivity index (χ1) is 10.9. The fourth-order valence-electron chi connectivity index (χ4n) is 2.81. The molecular formula is C14H19BrN4O3S. The maximum atomic E-state index is 11.0. The van der Waals surface area contributed by atoms with E-state index in [1.807, 2.05) is 12.3 Å². The third-order valence-corrected chi connectivity index (χ3v) is 5.30. The van der Waals surface area contributed by atoms with Crippen LogP contribution in [-0.4, -0.2) is 41.9 Å². The van der Waals surface area contributed by atoms with Gasteiger partial charge in [0.1, 0.15) is 0 Å². The summed E-state index contributed by atoms with van der Waals surface area (Å²) in [5, 5.41) is 7.80. The van der Waals surface area contributed by atoms with Crippen molar-refractivity contribution in [1.82, 2.24) is 14.6 Å². The zero-order valence-electron chi connectivity index (χ0n) is 12.8. The molecular weight excluding hydrogens is 384 g/mol. The van der Waals surface area contributed by atoms with Gasteiger partial charge in [0.05, 0.1) is 24.6 Å². The number of nitrogens with zero attached hydrogens (tertiary/aromatic N) is 3. The SMILES string of the molecule is CS(=O)(=O)OC[C@H]1CC[C@@H](Nc2ncc3c(Br)ccn3n2)CC1. The van der Waals surface area contributed by atoms with Crippen LogP contribution in [0.4, 0.5) is 5.95 Å². The van der Waals surface area contributed by atoms with Gasteiger partial charge in [-0.3, -0.25) is 4.18 Å². The van der Waals surface area contributed by atoms with Gasteiger partial charge in [0.25, 0.3) is 10.1 Å². The van der Waals surface area contributed by atoms with E-state index in [4.69, 9.17) is 4.18 Å². The van der Waals surface area contributed by atoms with Crippen LogP contribution in [0, 0.1) is 5.92 Å². The van der Waals surface area contributed by atoms with Gasteiger partial charge in [-0.1, -0.05) is 0 Å². The van der Waals surface area contributed by atoms with E-state index in [0.717, 1.165) is 41.9 Å². The number of fused-ring (bicyclic) bond motifs is 1. The van der Waals surface area contributed by atoms with Gasteiger partial charge in [-0.15, -0.1) is 5.10 Å². The average molecular weight is 403 g/mol. The van der Waals surface area contributed by atoms with Crippen molar-refractivity contribution in [2.24, 2.45) is 5.92 Å². The maximum absolute atomic E-state index is 11.0. The van der Waals surface area contributed by atoms with E-state index in [1.165, 1.54) is 0 Å². The number of aromatic nitrogens is 3. The molecule has 0 bridgehead atoms. The fourth-order valence-corrected chi connectivity index (χ4v) is 3.65. The molecule has 7 nitrogen and oxygen atoms in total. The monoisotopic (exact) mass is 402 g/mol. The van der Waals surface area contributed by atoms with E-state index in [-0.39, 0.29) is 6.61 Å². The van der Waals surface area contributed by atoms with Gasteiger partial charge in [-0.25, -0.2) is 9.50 Å². The summed E-state index contributed by atoms with van der Waals surface area (Å²) in [5.74, 6) is 0.906. The number of hydrogen-bond donors (Lipinski definition) is 1. The third-order valence-electron chi connectivity index (χ3n) is 4.06. The summed E-state index contributed by atoms with van der Waals surface area (Å²) >= 11 is 3.45. The molecule has 0 aliphatic heterocycles. The van der Waals surface area contributed by atoms with Crippen LogP contribution in [0.5, 0.6) is 0 Å². The quantitative estimate of drug-likeness (QED) is 0.772. The zero-order chi connectivity index (χ0) is 16.4. The van der Waals surface area contributed by atoms with E-state index in [9.17, 15) is 8.42 Å². The topological polar surface area (TPSA) is 85.6 Å². The number of hydrogen-bond acceptors (Lipinski definition) is 6. The lowest BCUT2D eigenvalue weighted by molar-refractivity contribution is 0.210. The maximum Gasteiger partial charge on any atom is 0.264 e. The Labute approximate surface area is 143 Å². The van der Waals surface area contributed by atoms with Gasteiger partial charge < -0.3 is 5.32 Å². The van der Waals surface area contributed by atoms with Crippen LogP contribution in [0.25, 0.3) is 5.52 Å². The second-order valence-electron chi connectivity index (χ2n) is 5.93. The standard InChI is InChI=1S/C14H19BrN4O3S/c1-23(20,21)22-9-10-2-4-11(5-3-10)17-14-16-8-13-12(15)6-7-19(13)18-14/h6-8,10-11H,2-5,9H2,1H3,(H,17,18)/t10-,11+. The van der Waals surface area contributed by atoms with E-state index in [0.29, 0.717) is 17.9 Å². The highest BCUT2D eigenvalue weighted by Crippen LogP contribution is 2.26. The van der Waals surface area contributed by atoms with Crippen molar-refractivity contribution in [2.75, 3.05) is 18.2 Å². The molecule has 2 aromatic rings. The van der Waals surface area contributed by atoms with Crippen LogP contribution in [0.2, 0.25) is 0 Å². The van der Waals surface area contributed by atoms with E-state index >= 15 is 0 Å². The van der Waals surface area contributed by atoms with Gasteiger partial charge in [0.15, 0.2) is 0 Å². The van der Waals surface area contributed by atoms with Crippen molar-refractivity contribution in [3.8, 4) is 0 Å². The van der Waals surface area contributed by atoms with Gasteiger partial charge in [-0.05, 0) is 53.6 Å². The van der Waals surface area contributed by atoms with E-state index < -0.39 is 10.1 Å². The first-order valence-electron chi connectivity index (χ1n) is 7.51. The molecule has 2 aromatic heterocycles. The van der Waals surface area contributed by atoms with Crippen LogP contribution in [0.1, 0.15) is 25.7 Å². The van der Waals surface area contributed by atoms with Crippen LogP contribution in [0.3, 0.4) is 0 Å². The molecule has 3 rings (SSSR count). The number of rotatable bonds is 5. The Bertz CT molecular complexity index is 784. The molecule has 0 amide bonds. The molecule has 0 unspecified atom stereocenters. The minimum atomic E-state index is -3.35. The Balaban J connectivity index is 1.53. The van der Waals surface area contributed by atoms with Crippen LogP contribution >= 0.6 is 15.9 Å². The summed E-state index contributed by atoms with van der Waals surface area (Å²) in [5.41, 5.74) is 0.928. The molecule has 1 N–H and O–H groups in total. The van der Waals surface area contributed by atoms with Gasteiger partial charge in [-0.2, -0.15) is 8.42 Å². The van der Waals surface area contributed by atoms with Crippen molar-refractivity contribution in [1.29, 1.82) is 0 Å². The van der Waals surface area contributed by atoms with E-state index in [2.05, 4.69) is 31.3 Å². The van der Waals surface area contributed by atoms with Crippen LogP contribution in [0.15, 0.2) is 22.9 Å². The van der Waals surface area contributed by atoms with E-state index in [1.54, 1.807) is 10.7 Å². The zero-order valence-corrected chi connectivity index (χ0v) is 15.2. The Hall–Kier alpha value is -1.19. The summed E-state index contributed by atoms with van der Waals surface area (Å²) in [6.45, 7) is 0.283. The highest BCUT2D eigenvalue weighted by Gasteiger charge is 2.23. The van der Waals surface area contributed by atoms with Crippen LogP contribution < -0.4 is 5.32 Å². The summed E-state index contributed by atoms with van der Waals surface area (Å²) in [7, 11) is -3.35. The lowest BCUT2D eigenvalue weighted by atomic mass is 9.87. The molecule has 2 heterocycles. The normalized spacial score (nSPS) is 22.3. The minimum Gasteiger partial charge on any atom is -0.350 e. The molecule has 0 radical (unpaired) electrons. The molecule has 126 valence electrons. The number of halogens is 1. The predicted molar refractivity (Wildman–Crippen MR) is 90.9 cm³/mol. The van der Waals surface area contributed by atoms with Gasteiger partial charge >= 0.3 is 0 Å². The van der Waals surface area contributed by atoms with Crippen molar-refractivity contribution in [3.05, 3.63) is 22.9 Å². The van der Waals surface area contributed by atoms with Crippen molar-refractivity contribution in [2.45, 2.75) is 31.7 Å². The Kier molecular flexibility index (Phi) is 4.88. The summed E-state index contributed by atoms with van der Waals surface area (Å²) in [6.07, 6.45) is 8.53. The van der Waals surface area contributed by atoms with Crippen molar-refractivity contribution < 1.29 is 12.6 Å². The lowest BCUT2D eigenvalue weighted by Gasteiger charge is -2.28. The molecule has 1 aliphatic carbocycles.